The fraction of sp³-hybridized carbons (Fsp3) is 0.0476. The highest BCUT2D eigenvalue weighted by molar-refractivity contribution is 5.87. The summed E-state index contributed by atoms with van der Waals surface area (Å²) >= 11 is 0. The summed E-state index contributed by atoms with van der Waals surface area (Å²) in [5, 5.41) is 9.05. The summed E-state index contributed by atoms with van der Waals surface area (Å²) in [7, 11) is 0. The molecule has 4 heteroatoms. The first kappa shape index (κ1) is 15.1. The molecule has 0 saturated carbocycles. The number of hydrogen-bond acceptors (Lipinski definition) is 2. The van der Waals surface area contributed by atoms with Crippen LogP contribution in [0.2, 0.25) is 0 Å². The Morgan fingerprint density at radius 3 is 2.28 bits per heavy atom. The van der Waals surface area contributed by atoms with E-state index in [1.165, 1.54) is 0 Å². The van der Waals surface area contributed by atoms with E-state index >= 15 is 0 Å². The van der Waals surface area contributed by atoms with Gasteiger partial charge in [0.05, 0.1) is 16.6 Å². The van der Waals surface area contributed by atoms with E-state index in [-0.39, 0.29) is 0 Å². The van der Waals surface area contributed by atoms with Gasteiger partial charge in [-0.25, -0.2) is 9.78 Å². The number of fused-ring (bicyclic) bond motifs is 1. The molecule has 0 amide bonds. The van der Waals surface area contributed by atoms with Crippen molar-refractivity contribution >= 4 is 17.0 Å². The molecule has 0 aliphatic carbocycles. The highest BCUT2D eigenvalue weighted by atomic mass is 16.4. The first-order valence-electron chi connectivity index (χ1n) is 8.05. The molecule has 0 aliphatic heterocycles. The number of rotatable bonds is 4. The molecular formula is C21H16N2O2. The van der Waals surface area contributed by atoms with Crippen molar-refractivity contribution in [2.24, 2.45) is 0 Å². The minimum absolute atomic E-state index is 0.294. The fourth-order valence-corrected chi connectivity index (χ4v) is 2.98. The van der Waals surface area contributed by atoms with Crippen LogP contribution in [0, 0.1) is 0 Å². The second kappa shape index (κ2) is 6.24. The van der Waals surface area contributed by atoms with Crippen LogP contribution < -0.4 is 0 Å². The molecule has 1 heterocycles. The van der Waals surface area contributed by atoms with Crippen molar-refractivity contribution in [3.8, 4) is 11.4 Å². The van der Waals surface area contributed by atoms with Crippen molar-refractivity contribution in [3.05, 3.63) is 90.0 Å². The average Bonchev–Trinajstić information content (AvgIpc) is 3.02. The lowest BCUT2D eigenvalue weighted by Crippen LogP contribution is -2.03. The van der Waals surface area contributed by atoms with Crippen LogP contribution in [0.5, 0.6) is 0 Å². The molecule has 1 N–H and O–H groups in total. The number of para-hydroxylation sites is 2. The minimum atomic E-state index is -0.912. The van der Waals surface area contributed by atoms with E-state index in [0.29, 0.717) is 12.1 Å². The maximum atomic E-state index is 11.0. The third-order valence-corrected chi connectivity index (χ3v) is 4.23. The van der Waals surface area contributed by atoms with Crippen molar-refractivity contribution in [1.29, 1.82) is 0 Å². The van der Waals surface area contributed by atoms with Crippen molar-refractivity contribution in [1.82, 2.24) is 9.55 Å². The third kappa shape index (κ3) is 2.90. The number of nitrogens with zero attached hydrogens (tertiary/aromatic N) is 2. The van der Waals surface area contributed by atoms with E-state index in [2.05, 4.69) is 10.6 Å². The van der Waals surface area contributed by atoms with E-state index in [0.717, 1.165) is 28.0 Å². The first-order valence-corrected chi connectivity index (χ1v) is 8.05. The predicted molar refractivity (Wildman–Crippen MR) is 97.7 cm³/mol. The Kier molecular flexibility index (Phi) is 3.78. The van der Waals surface area contributed by atoms with Crippen molar-refractivity contribution in [2.75, 3.05) is 0 Å². The number of benzene rings is 3. The lowest BCUT2D eigenvalue weighted by Gasteiger charge is -2.10. The quantitative estimate of drug-likeness (QED) is 0.602. The zero-order chi connectivity index (χ0) is 17.2. The Hall–Kier alpha value is -3.40. The molecule has 1 aromatic heterocycles. The zero-order valence-corrected chi connectivity index (χ0v) is 13.5. The van der Waals surface area contributed by atoms with Gasteiger partial charge in [0.25, 0.3) is 0 Å². The van der Waals surface area contributed by atoms with E-state index in [9.17, 15) is 4.79 Å². The molecule has 3 aromatic carbocycles. The number of carbonyl (C=O) groups is 1. The van der Waals surface area contributed by atoms with E-state index in [4.69, 9.17) is 10.1 Å². The summed E-state index contributed by atoms with van der Waals surface area (Å²) < 4.78 is 2.17. The Morgan fingerprint density at radius 2 is 1.56 bits per heavy atom. The van der Waals surface area contributed by atoms with Crippen LogP contribution >= 0.6 is 0 Å². The standard InChI is InChI=1S/C21H16N2O2/c24-21(25)17-12-10-15(11-13-17)14-23-19-9-5-4-8-18(19)22-20(23)16-6-2-1-3-7-16/h1-13H,14H2,(H,24,25). The second-order valence-electron chi connectivity index (χ2n) is 5.88. The molecule has 0 unspecified atom stereocenters. The number of hydrogen-bond donors (Lipinski definition) is 1. The number of aromatic carboxylic acids is 1. The first-order chi connectivity index (χ1) is 12.2. The molecule has 0 spiro atoms. The van der Waals surface area contributed by atoms with Crippen LogP contribution in [0.25, 0.3) is 22.4 Å². The molecule has 0 bridgehead atoms. The second-order valence-corrected chi connectivity index (χ2v) is 5.88. The van der Waals surface area contributed by atoms with E-state index in [1.807, 2.05) is 60.7 Å². The normalized spacial score (nSPS) is 10.9. The van der Waals surface area contributed by atoms with Crippen LogP contribution in [0.1, 0.15) is 15.9 Å². The Bertz CT molecular complexity index is 1030. The van der Waals surface area contributed by atoms with Crippen molar-refractivity contribution < 1.29 is 9.90 Å². The molecule has 25 heavy (non-hydrogen) atoms. The lowest BCUT2D eigenvalue weighted by atomic mass is 10.1. The summed E-state index contributed by atoms with van der Waals surface area (Å²) in [4.78, 5) is 15.8. The molecule has 4 rings (SSSR count). The van der Waals surface area contributed by atoms with Crippen LogP contribution in [-0.2, 0) is 6.54 Å². The molecule has 4 nitrogen and oxygen atoms in total. The summed E-state index contributed by atoms with van der Waals surface area (Å²) in [6.07, 6.45) is 0. The van der Waals surface area contributed by atoms with Gasteiger partial charge in [-0.1, -0.05) is 54.6 Å². The van der Waals surface area contributed by atoms with Crippen LogP contribution in [0.15, 0.2) is 78.9 Å². The smallest absolute Gasteiger partial charge is 0.335 e. The van der Waals surface area contributed by atoms with Crippen molar-refractivity contribution in [2.45, 2.75) is 6.54 Å². The SMILES string of the molecule is O=C(O)c1ccc(Cn2c(-c3ccccc3)nc3ccccc32)cc1. The molecule has 0 radical (unpaired) electrons. The number of carboxylic acid groups (broad SMARTS) is 1. The van der Waals surface area contributed by atoms with Crippen LogP contribution in [0.3, 0.4) is 0 Å². The highest BCUT2D eigenvalue weighted by Crippen LogP contribution is 2.25. The van der Waals surface area contributed by atoms with E-state index in [1.54, 1.807) is 12.1 Å². The summed E-state index contributed by atoms with van der Waals surface area (Å²) in [6, 6.07) is 25.1. The van der Waals surface area contributed by atoms with Gasteiger partial charge in [-0.05, 0) is 29.8 Å². The van der Waals surface area contributed by atoms with Gasteiger partial charge in [0.15, 0.2) is 0 Å². The molecule has 122 valence electrons. The monoisotopic (exact) mass is 328 g/mol. The van der Waals surface area contributed by atoms with Crippen LogP contribution in [-0.4, -0.2) is 20.6 Å². The van der Waals surface area contributed by atoms with Gasteiger partial charge in [0.1, 0.15) is 5.82 Å². The summed E-state index contributed by atoms with van der Waals surface area (Å²) in [5.74, 6) is -0.00582. The maximum Gasteiger partial charge on any atom is 0.335 e. The highest BCUT2D eigenvalue weighted by Gasteiger charge is 2.12. The average molecular weight is 328 g/mol. The van der Waals surface area contributed by atoms with Gasteiger partial charge < -0.3 is 9.67 Å². The van der Waals surface area contributed by atoms with Gasteiger partial charge in [0.2, 0.25) is 0 Å². The number of aromatic nitrogens is 2. The third-order valence-electron chi connectivity index (χ3n) is 4.23. The predicted octanol–water partition coefficient (Wildman–Crippen LogP) is 4.45. The topological polar surface area (TPSA) is 55.1 Å². The Labute approximate surface area is 145 Å². The van der Waals surface area contributed by atoms with Crippen molar-refractivity contribution in [3.63, 3.8) is 0 Å². The van der Waals surface area contributed by atoms with Gasteiger partial charge in [-0.15, -0.1) is 0 Å². The maximum absolute atomic E-state index is 11.0. The Morgan fingerprint density at radius 1 is 0.880 bits per heavy atom. The largest absolute Gasteiger partial charge is 0.478 e. The Balaban J connectivity index is 1.81. The van der Waals surface area contributed by atoms with Gasteiger partial charge in [0, 0.05) is 12.1 Å². The summed E-state index contributed by atoms with van der Waals surface area (Å²) in [5.41, 5.74) is 4.39. The molecule has 0 fully saturated rings. The van der Waals surface area contributed by atoms with Gasteiger partial charge in [-0.3, -0.25) is 0 Å². The molecule has 4 aromatic rings. The van der Waals surface area contributed by atoms with Gasteiger partial charge in [-0.2, -0.15) is 0 Å². The lowest BCUT2D eigenvalue weighted by molar-refractivity contribution is 0.0697. The molecule has 0 saturated heterocycles. The minimum Gasteiger partial charge on any atom is -0.478 e. The molecule has 0 aliphatic rings. The number of carboxylic acids is 1. The van der Waals surface area contributed by atoms with Crippen LogP contribution in [0.4, 0.5) is 0 Å². The molecule has 0 atom stereocenters. The fourth-order valence-electron chi connectivity index (χ4n) is 2.98. The molecular weight excluding hydrogens is 312 g/mol. The van der Waals surface area contributed by atoms with Gasteiger partial charge >= 0.3 is 5.97 Å². The number of imidazole rings is 1. The summed E-state index contributed by atoms with van der Waals surface area (Å²) in [6.45, 7) is 0.630. The zero-order valence-electron chi connectivity index (χ0n) is 13.5. The van der Waals surface area contributed by atoms with E-state index < -0.39 is 5.97 Å².